The lowest BCUT2D eigenvalue weighted by molar-refractivity contribution is 0.875. The van der Waals surface area contributed by atoms with Crippen molar-refractivity contribution in [3.8, 4) is 22.8 Å². The van der Waals surface area contributed by atoms with E-state index in [9.17, 15) is 0 Å². The third-order valence-corrected chi connectivity index (χ3v) is 4.59. The van der Waals surface area contributed by atoms with E-state index in [4.69, 9.17) is 0 Å². The monoisotopic (exact) mass is 486 g/mol. The SMILES string of the molecule is Ic1ccccc1-c1nnc(-c2ccccc2I)nn1. The molecule has 3 rings (SSSR count). The Bertz CT molecular complexity index is 680. The maximum absolute atomic E-state index is 4.20. The van der Waals surface area contributed by atoms with Gasteiger partial charge >= 0.3 is 0 Å². The van der Waals surface area contributed by atoms with Crippen molar-refractivity contribution in [1.29, 1.82) is 0 Å². The van der Waals surface area contributed by atoms with Gasteiger partial charge in [-0.2, -0.15) is 0 Å². The zero-order valence-electron chi connectivity index (χ0n) is 10.2. The summed E-state index contributed by atoms with van der Waals surface area (Å²) in [6.07, 6.45) is 0. The van der Waals surface area contributed by atoms with E-state index in [1.165, 1.54) is 0 Å². The molecule has 6 heteroatoms. The number of aromatic nitrogens is 4. The van der Waals surface area contributed by atoms with E-state index in [-0.39, 0.29) is 0 Å². The molecule has 0 aliphatic carbocycles. The highest BCUT2D eigenvalue weighted by Crippen LogP contribution is 2.23. The zero-order chi connectivity index (χ0) is 13.9. The molecule has 0 fully saturated rings. The molecule has 0 N–H and O–H groups in total. The van der Waals surface area contributed by atoms with Crippen molar-refractivity contribution in [1.82, 2.24) is 20.4 Å². The first kappa shape index (κ1) is 13.8. The van der Waals surface area contributed by atoms with E-state index >= 15 is 0 Å². The van der Waals surface area contributed by atoms with Gasteiger partial charge in [-0.05, 0) is 69.4 Å². The summed E-state index contributed by atoms with van der Waals surface area (Å²) in [6, 6.07) is 15.8. The van der Waals surface area contributed by atoms with Gasteiger partial charge in [-0.1, -0.05) is 24.3 Å². The van der Waals surface area contributed by atoms with Crippen molar-refractivity contribution < 1.29 is 0 Å². The molecular formula is C14H8I2N4. The van der Waals surface area contributed by atoms with E-state index < -0.39 is 0 Å². The number of hydrogen-bond donors (Lipinski definition) is 0. The van der Waals surface area contributed by atoms with E-state index in [0.717, 1.165) is 18.3 Å². The summed E-state index contributed by atoms with van der Waals surface area (Å²) in [5.74, 6) is 1.09. The predicted octanol–water partition coefficient (Wildman–Crippen LogP) is 3.81. The minimum Gasteiger partial charge on any atom is -0.126 e. The van der Waals surface area contributed by atoms with Crippen LogP contribution in [0.1, 0.15) is 0 Å². The van der Waals surface area contributed by atoms with Gasteiger partial charge in [-0.15, -0.1) is 20.4 Å². The third kappa shape index (κ3) is 2.80. The van der Waals surface area contributed by atoms with Crippen LogP contribution in [0.25, 0.3) is 22.8 Å². The normalized spacial score (nSPS) is 10.5. The lowest BCUT2D eigenvalue weighted by atomic mass is 10.2. The van der Waals surface area contributed by atoms with E-state index in [1.54, 1.807) is 0 Å². The van der Waals surface area contributed by atoms with Crippen LogP contribution in [0.15, 0.2) is 48.5 Å². The molecule has 0 aliphatic rings. The molecular weight excluding hydrogens is 478 g/mol. The Morgan fingerprint density at radius 3 is 1.25 bits per heavy atom. The summed E-state index contributed by atoms with van der Waals surface area (Å²) in [6.45, 7) is 0. The van der Waals surface area contributed by atoms with Gasteiger partial charge in [0.2, 0.25) is 11.6 Å². The van der Waals surface area contributed by atoms with Crippen molar-refractivity contribution >= 4 is 45.2 Å². The molecule has 0 spiro atoms. The molecule has 0 bridgehead atoms. The summed E-state index contributed by atoms with van der Waals surface area (Å²) in [5, 5.41) is 16.8. The number of benzene rings is 2. The molecule has 0 atom stereocenters. The molecule has 3 aromatic rings. The summed E-state index contributed by atoms with van der Waals surface area (Å²) in [7, 11) is 0. The highest BCUT2D eigenvalue weighted by Gasteiger charge is 2.10. The van der Waals surface area contributed by atoms with Gasteiger partial charge in [0.05, 0.1) is 0 Å². The highest BCUT2D eigenvalue weighted by molar-refractivity contribution is 14.1. The molecule has 0 radical (unpaired) electrons. The van der Waals surface area contributed by atoms with Gasteiger partial charge in [-0.3, -0.25) is 0 Å². The Morgan fingerprint density at radius 1 is 0.550 bits per heavy atom. The number of halogens is 2. The first-order valence-electron chi connectivity index (χ1n) is 5.83. The molecule has 0 saturated carbocycles. The maximum Gasteiger partial charge on any atom is 0.204 e. The fourth-order valence-corrected chi connectivity index (χ4v) is 2.99. The fraction of sp³-hybridized carbons (Fsp3) is 0. The first-order chi connectivity index (χ1) is 9.75. The average Bonchev–Trinajstić information content (AvgIpc) is 2.49. The predicted molar refractivity (Wildman–Crippen MR) is 93.9 cm³/mol. The summed E-state index contributed by atoms with van der Waals surface area (Å²) < 4.78 is 2.16. The van der Waals surface area contributed by atoms with Crippen LogP contribution < -0.4 is 0 Å². The molecule has 0 amide bonds. The Kier molecular flexibility index (Phi) is 4.20. The quantitative estimate of drug-likeness (QED) is 0.518. The van der Waals surface area contributed by atoms with Crippen LogP contribution >= 0.6 is 45.2 Å². The minimum atomic E-state index is 0.546. The zero-order valence-corrected chi connectivity index (χ0v) is 14.5. The van der Waals surface area contributed by atoms with Gasteiger partial charge in [-0.25, -0.2) is 0 Å². The van der Waals surface area contributed by atoms with Crippen LogP contribution in [-0.4, -0.2) is 20.4 Å². The van der Waals surface area contributed by atoms with Crippen molar-refractivity contribution in [2.24, 2.45) is 0 Å². The second-order valence-electron chi connectivity index (χ2n) is 4.01. The van der Waals surface area contributed by atoms with Gasteiger partial charge in [0.15, 0.2) is 0 Å². The molecule has 1 heterocycles. The molecule has 2 aromatic carbocycles. The van der Waals surface area contributed by atoms with Crippen molar-refractivity contribution in [2.75, 3.05) is 0 Å². The lowest BCUT2D eigenvalue weighted by Crippen LogP contribution is -2.01. The maximum atomic E-state index is 4.20. The Hall–Kier alpha value is -1.16. The fourth-order valence-electron chi connectivity index (χ4n) is 1.73. The summed E-state index contributed by atoms with van der Waals surface area (Å²) >= 11 is 4.51. The molecule has 4 nitrogen and oxygen atoms in total. The van der Waals surface area contributed by atoms with E-state index in [1.807, 2.05) is 48.5 Å². The summed E-state index contributed by atoms with van der Waals surface area (Å²) in [5.41, 5.74) is 1.89. The van der Waals surface area contributed by atoms with Gasteiger partial charge in [0.25, 0.3) is 0 Å². The topological polar surface area (TPSA) is 51.6 Å². The molecule has 1 aromatic heterocycles. The molecule has 0 saturated heterocycles. The first-order valence-corrected chi connectivity index (χ1v) is 7.98. The Morgan fingerprint density at radius 2 is 0.900 bits per heavy atom. The van der Waals surface area contributed by atoms with E-state index in [2.05, 4.69) is 65.6 Å². The average molecular weight is 486 g/mol. The van der Waals surface area contributed by atoms with E-state index in [0.29, 0.717) is 11.6 Å². The Labute approximate surface area is 143 Å². The molecule has 20 heavy (non-hydrogen) atoms. The minimum absolute atomic E-state index is 0.546. The molecule has 0 aliphatic heterocycles. The van der Waals surface area contributed by atoms with Crippen LogP contribution in [-0.2, 0) is 0 Å². The van der Waals surface area contributed by atoms with Gasteiger partial charge in [0, 0.05) is 18.3 Å². The molecule has 98 valence electrons. The van der Waals surface area contributed by atoms with Crippen molar-refractivity contribution in [3.05, 3.63) is 55.7 Å². The standard InChI is InChI=1S/C14H8I2N4/c15-11-7-3-1-5-9(11)13-17-19-14(20-18-13)10-6-2-4-8-12(10)16/h1-8H. The van der Waals surface area contributed by atoms with Crippen LogP contribution in [0.4, 0.5) is 0 Å². The second-order valence-corrected chi connectivity index (χ2v) is 6.33. The third-order valence-electron chi connectivity index (χ3n) is 2.71. The smallest absolute Gasteiger partial charge is 0.126 e. The summed E-state index contributed by atoms with van der Waals surface area (Å²) in [4.78, 5) is 0. The Balaban J connectivity index is 2.01. The highest BCUT2D eigenvalue weighted by atomic mass is 127. The lowest BCUT2D eigenvalue weighted by Gasteiger charge is -2.03. The van der Waals surface area contributed by atoms with Crippen molar-refractivity contribution in [2.45, 2.75) is 0 Å². The number of hydrogen-bond acceptors (Lipinski definition) is 4. The van der Waals surface area contributed by atoms with Crippen LogP contribution in [0.2, 0.25) is 0 Å². The number of rotatable bonds is 2. The van der Waals surface area contributed by atoms with Gasteiger partial charge in [0.1, 0.15) is 0 Å². The van der Waals surface area contributed by atoms with Gasteiger partial charge < -0.3 is 0 Å². The van der Waals surface area contributed by atoms with Crippen molar-refractivity contribution in [3.63, 3.8) is 0 Å². The van der Waals surface area contributed by atoms with Crippen LogP contribution in [0, 0.1) is 7.14 Å². The van der Waals surface area contributed by atoms with Crippen LogP contribution in [0.3, 0.4) is 0 Å². The second kappa shape index (κ2) is 6.08. The number of nitrogens with zero attached hydrogens (tertiary/aromatic N) is 4. The largest absolute Gasteiger partial charge is 0.204 e. The molecule has 0 unspecified atom stereocenters. The van der Waals surface area contributed by atoms with Crippen LogP contribution in [0.5, 0.6) is 0 Å².